The molecule has 98 valence electrons. The topological polar surface area (TPSA) is 73.2 Å². The Bertz CT molecular complexity index is 545. The van der Waals surface area contributed by atoms with Gasteiger partial charge in [0.05, 0.1) is 24.1 Å². The van der Waals surface area contributed by atoms with Gasteiger partial charge in [-0.3, -0.25) is 19.8 Å². The zero-order valence-electron chi connectivity index (χ0n) is 10.9. The van der Waals surface area contributed by atoms with Crippen LogP contribution in [0.1, 0.15) is 30.5 Å². The summed E-state index contributed by atoms with van der Waals surface area (Å²) < 4.78 is 0. The monoisotopic (exact) mass is 257 g/mol. The van der Waals surface area contributed by atoms with Gasteiger partial charge in [0, 0.05) is 13.1 Å². The standard InChI is InChI=1S/C14H15N3O2/c1-9(11-5-3-10(8-15)4-6-11)16-12-7-13(18)17(2)14(12)19/h3-6,9,12,16H,7H2,1-2H3. The number of likely N-dealkylation sites (tertiary alicyclic amines) is 1. The summed E-state index contributed by atoms with van der Waals surface area (Å²) in [5, 5.41) is 11.9. The Kier molecular flexibility index (Phi) is 3.63. The summed E-state index contributed by atoms with van der Waals surface area (Å²) in [5.41, 5.74) is 1.58. The second kappa shape index (κ2) is 5.21. The van der Waals surface area contributed by atoms with Crippen molar-refractivity contribution in [3.05, 3.63) is 35.4 Å². The zero-order chi connectivity index (χ0) is 14.0. The van der Waals surface area contributed by atoms with Crippen molar-refractivity contribution >= 4 is 11.8 Å². The highest BCUT2D eigenvalue weighted by atomic mass is 16.2. The van der Waals surface area contributed by atoms with E-state index in [4.69, 9.17) is 5.26 Å². The first-order chi connectivity index (χ1) is 9.02. The summed E-state index contributed by atoms with van der Waals surface area (Å²) >= 11 is 0. The van der Waals surface area contributed by atoms with Crippen LogP contribution in [0.25, 0.3) is 0 Å². The highest BCUT2D eigenvalue weighted by Gasteiger charge is 2.36. The van der Waals surface area contributed by atoms with Crippen molar-refractivity contribution in [1.29, 1.82) is 5.26 Å². The number of carbonyl (C=O) groups excluding carboxylic acids is 2. The van der Waals surface area contributed by atoms with Gasteiger partial charge >= 0.3 is 0 Å². The van der Waals surface area contributed by atoms with Gasteiger partial charge < -0.3 is 0 Å². The van der Waals surface area contributed by atoms with Gasteiger partial charge in [-0.2, -0.15) is 5.26 Å². The number of likely N-dealkylation sites (N-methyl/N-ethyl adjacent to an activating group) is 1. The maximum absolute atomic E-state index is 11.8. The van der Waals surface area contributed by atoms with E-state index < -0.39 is 6.04 Å². The molecule has 1 N–H and O–H groups in total. The molecule has 0 bridgehead atoms. The molecule has 2 rings (SSSR count). The number of nitrogens with zero attached hydrogens (tertiary/aromatic N) is 2. The normalized spacial score (nSPS) is 20.5. The van der Waals surface area contributed by atoms with Crippen molar-refractivity contribution in [3.63, 3.8) is 0 Å². The van der Waals surface area contributed by atoms with Crippen LogP contribution in [-0.4, -0.2) is 29.8 Å². The number of nitriles is 1. The van der Waals surface area contributed by atoms with E-state index >= 15 is 0 Å². The lowest BCUT2D eigenvalue weighted by Gasteiger charge is -2.18. The molecule has 1 aliphatic rings. The molecule has 0 aliphatic carbocycles. The molecule has 5 heteroatoms. The Morgan fingerprint density at radius 3 is 2.47 bits per heavy atom. The van der Waals surface area contributed by atoms with Gasteiger partial charge in [0.2, 0.25) is 11.8 Å². The second-order valence-corrected chi connectivity index (χ2v) is 4.67. The van der Waals surface area contributed by atoms with Crippen LogP contribution in [0.5, 0.6) is 0 Å². The fraction of sp³-hybridized carbons (Fsp3) is 0.357. The fourth-order valence-corrected chi connectivity index (χ4v) is 2.13. The predicted octanol–water partition coefficient (Wildman–Crippen LogP) is 0.966. The van der Waals surface area contributed by atoms with Gasteiger partial charge in [0.15, 0.2) is 0 Å². The van der Waals surface area contributed by atoms with Crippen molar-refractivity contribution < 1.29 is 9.59 Å². The minimum absolute atomic E-state index is 0.0546. The molecule has 0 aromatic heterocycles. The molecule has 1 aromatic carbocycles. The van der Waals surface area contributed by atoms with Crippen molar-refractivity contribution in [2.24, 2.45) is 0 Å². The Labute approximate surface area is 111 Å². The van der Waals surface area contributed by atoms with Crippen LogP contribution >= 0.6 is 0 Å². The van der Waals surface area contributed by atoms with Crippen LogP contribution in [0, 0.1) is 11.3 Å². The van der Waals surface area contributed by atoms with Gasteiger partial charge in [-0.1, -0.05) is 12.1 Å². The molecule has 2 amide bonds. The van der Waals surface area contributed by atoms with Crippen LogP contribution in [0.15, 0.2) is 24.3 Å². The molecule has 0 spiro atoms. The van der Waals surface area contributed by atoms with E-state index in [1.807, 2.05) is 19.1 Å². The summed E-state index contributed by atoms with van der Waals surface area (Å²) in [6.45, 7) is 1.93. The molecule has 0 saturated carbocycles. The van der Waals surface area contributed by atoms with Crippen molar-refractivity contribution in [2.75, 3.05) is 7.05 Å². The van der Waals surface area contributed by atoms with Crippen molar-refractivity contribution in [2.45, 2.75) is 25.4 Å². The third kappa shape index (κ3) is 2.64. The van der Waals surface area contributed by atoms with Gasteiger partial charge in [0.25, 0.3) is 0 Å². The van der Waals surface area contributed by atoms with Crippen LogP contribution in [0.4, 0.5) is 0 Å². The zero-order valence-corrected chi connectivity index (χ0v) is 10.9. The summed E-state index contributed by atoms with van der Waals surface area (Å²) in [5.74, 6) is -0.347. The molecule has 5 nitrogen and oxygen atoms in total. The van der Waals surface area contributed by atoms with E-state index in [-0.39, 0.29) is 24.3 Å². The van der Waals surface area contributed by atoms with Crippen molar-refractivity contribution in [3.8, 4) is 6.07 Å². The summed E-state index contributed by atoms with van der Waals surface area (Å²) in [4.78, 5) is 24.4. The Hall–Kier alpha value is -2.19. The second-order valence-electron chi connectivity index (χ2n) is 4.67. The molecule has 1 saturated heterocycles. The third-order valence-corrected chi connectivity index (χ3v) is 3.37. The predicted molar refractivity (Wildman–Crippen MR) is 68.9 cm³/mol. The van der Waals surface area contributed by atoms with E-state index in [2.05, 4.69) is 11.4 Å². The van der Waals surface area contributed by atoms with Crippen LogP contribution in [0.2, 0.25) is 0 Å². The van der Waals surface area contributed by atoms with Gasteiger partial charge in [0.1, 0.15) is 0 Å². The molecule has 1 aliphatic heterocycles. The molecule has 1 heterocycles. The minimum Gasteiger partial charge on any atom is -0.299 e. The number of rotatable bonds is 3. The highest BCUT2D eigenvalue weighted by molar-refractivity contribution is 6.05. The number of carbonyl (C=O) groups is 2. The van der Waals surface area contributed by atoms with Gasteiger partial charge in [-0.25, -0.2) is 0 Å². The van der Waals surface area contributed by atoms with E-state index in [1.54, 1.807) is 12.1 Å². The molecular formula is C14H15N3O2. The third-order valence-electron chi connectivity index (χ3n) is 3.37. The summed E-state index contributed by atoms with van der Waals surface area (Å²) in [7, 11) is 1.50. The first-order valence-electron chi connectivity index (χ1n) is 6.09. The van der Waals surface area contributed by atoms with Crippen LogP contribution < -0.4 is 5.32 Å². The maximum Gasteiger partial charge on any atom is 0.246 e. The van der Waals surface area contributed by atoms with Crippen LogP contribution in [0.3, 0.4) is 0 Å². The smallest absolute Gasteiger partial charge is 0.246 e. The number of benzene rings is 1. The highest BCUT2D eigenvalue weighted by Crippen LogP contribution is 2.18. The van der Waals surface area contributed by atoms with Gasteiger partial charge in [-0.05, 0) is 24.6 Å². The quantitative estimate of drug-likeness (QED) is 0.819. The van der Waals surface area contributed by atoms with Gasteiger partial charge in [-0.15, -0.1) is 0 Å². The number of nitrogens with one attached hydrogen (secondary N) is 1. The molecule has 19 heavy (non-hydrogen) atoms. The van der Waals surface area contributed by atoms with E-state index in [1.165, 1.54) is 7.05 Å². The first kappa shape index (κ1) is 13.2. The molecule has 1 aromatic rings. The van der Waals surface area contributed by atoms with Crippen LogP contribution in [-0.2, 0) is 9.59 Å². The van der Waals surface area contributed by atoms with E-state index in [9.17, 15) is 9.59 Å². The number of amides is 2. The molecule has 1 fully saturated rings. The fourth-order valence-electron chi connectivity index (χ4n) is 2.13. The maximum atomic E-state index is 11.8. The Morgan fingerprint density at radius 1 is 1.37 bits per heavy atom. The number of imide groups is 1. The number of hydrogen-bond donors (Lipinski definition) is 1. The lowest BCUT2D eigenvalue weighted by atomic mass is 10.1. The molecular weight excluding hydrogens is 242 g/mol. The van der Waals surface area contributed by atoms with E-state index in [0.717, 1.165) is 10.5 Å². The summed E-state index contributed by atoms with van der Waals surface area (Å²) in [6, 6.07) is 8.72. The average molecular weight is 257 g/mol. The summed E-state index contributed by atoms with van der Waals surface area (Å²) in [6.07, 6.45) is 0.204. The molecule has 0 radical (unpaired) electrons. The number of hydrogen-bond acceptors (Lipinski definition) is 4. The SMILES string of the molecule is CC(NC1CC(=O)N(C)C1=O)c1ccc(C#N)cc1. The molecule has 2 atom stereocenters. The lowest BCUT2D eigenvalue weighted by Crippen LogP contribution is -2.38. The minimum atomic E-state index is -0.455. The Balaban J connectivity index is 2.05. The largest absolute Gasteiger partial charge is 0.299 e. The molecule has 2 unspecified atom stereocenters. The lowest BCUT2D eigenvalue weighted by molar-refractivity contribution is -0.137. The first-order valence-corrected chi connectivity index (χ1v) is 6.09. The van der Waals surface area contributed by atoms with E-state index in [0.29, 0.717) is 5.56 Å². The average Bonchev–Trinajstić information content (AvgIpc) is 2.66. The van der Waals surface area contributed by atoms with Crippen molar-refractivity contribution in [1.82, 2.24) is 10.2 Å². The Morgan fingerprint density at radius 2 is 2.00 bits per heavy atom.